The predicted molar refractivity (Wildman–Crippen MR) is 44.6 cm³/mol. The summed E-state index contributed by atoms with van der Waals surface area (Å²) < 4.78 is 9.53. The number of amides is 2. The summed E-state index contributed by atoms with van der Waals surface area (Å²) in [6, 6.07) is 1.53. The van der Waals surface area contributed by atoms with Crippen molar-refractivity contribution < 1.29 is 18.8 Å². The molecule has 0 saturated carbocycles. The number of aromatic nitrogens is 1. The summed E-state index contributed by atoms with van der Waals surface area (Å²) >= 11 is 0. The number of hydrogen-bond donors (Lipinski definition) is 0. The van der Waals surface area contributed by atoms with Gasteiger partial charge in [-0.1, -0.05) is 5.16 Å². The Morgan fingerprint density at radius 3 is 2.50 bits per heavy atom. The molecule has 1 aromatic heterocycles. The van der Waals surface area contributed by atoms with E-state index in [1.54, 1.807) is 6.92 Å². The van der Waals surface area contributed by atoms with E-state index in [0.29, 0.717) is 5.76 Å². The van der Waals surface area contributed by atoms with Gasteiger partial charge in [0.05, 0.1) is 0 Å². The summed E-state index contributed by atoms with van der Waals surface area (Å²) in [5, 5.41) is 3.59. The molecule has 6 heteroatoms. The van der Waals surface area contributed by atoms with Crippen molar-refractivity contribution in [2.45, 2.75) is 6.92 Å². The smallest absolute Gasteiger partial charge is 0.261 e. The third kappa shape index (κ3) is 1.39. The molecular weight excluding hydrogens is 188 g/mol. The first kappa shape index (κ1) is 8.89. The Hall–Kier alpha value is -1.69. The van der Waals surface area contributed by atoms with Crippen LogP contribution in [0.4, 0.5) is 5.82 Å². The minimum Gasteiger partial charge on any atom is -0.362 e. The SMILES string of the molecule is Cc1cc(N2C(=O)COCC2=O)no1. The van der Waals surface area contributed by atoms with Crippen LogP contribution in [0.25, 0.3) is 0 Å². The molecule has 1 saturated heterocycles. The Labute approximate surface area is 79.4 Å². The fourth-order valence-corrected chi connectivity index (χ4v) is 1.21. The van der Waals surface area contributed by atoms with Crippen molar-refractivity contribution in [2.75, 3.05) is 18.1 Å². The average Bonchev–Trinajstić information content (AvgIpc) is 2.51. The monoisotopic (exact) mass is 196 g/mol. The van der Waals surface area contributed by atoms with Crippen LogP contribution in [0.2, 0.25) is 0 Å². The molecule has 0 spiro atoms. The van der Waals surface area contributed by atoms with Crippen LogP contribution in [-0.2, 0) is 14.3 Å². The van der Waals surface area contributed by atoms with E-state index >= 15 is 0 Å². The third-order valence-electron chi connectivity index (χ3n) is 1.79. The van der Waals surface area contributed by atoms with Crippen molar-refractivity contribution in [3.8, 4) is 0 Å². The van der Waals surface area contributed by atoms with Crippen LogP contribution in [0.5, 0.6) is 0 Å². The Morgan fingerprint density at radius 1 is 1.36 bits per heavy atom. The molecule has 0 unspecified atom stereocenters. The Balaban J connectivity index is 2.31. The van der Waals surface area contributed by atoms with Crippen molar-refractivity contribution in [2.24, 2.45) is 0 Å². The highest BCUT2D eigenvalue weighted by molar-refractivity contribution is 6.16. The highest BCUT2D eigenvalue weighted by atomic mass is 16.5. The molecule has 0 N–H and O–H groups in total. The molecular formula is C8H8N2O4. The Morgan fingerprint density at radius 2 is 2.00 bits per heavy atom. The molecule has 6 nitrogen and oxygen atoms in total. The van der Waals surface area contributed by atoms with E-state index in [2.05, 4.69) is 5.16 Å². The number of imide groups is 1. The lowest BCUT2D eigenvalue weighted by Gasteiger charge is -2.21. The molecule has 14 heavy (non-hydrogen) atoms. The first-order valence-electron chi connectivity index (χ1n) is 4.05. The van der Waals surface area contributed by atoms with Crippen LogP contribution >= 0.6 is 0 Å². The Bertz CT molecular complexity index is 368. The molecule has 2 amide bonds. The van der Waals surface area contributed by atoms with Crippen LogP contribution in [0.3, 0.4) is 0 Å². The second kappa shape index (κ2) is 3.22. The van der Waals surface area contributed by atoms with Gasteiger partial charge in [-0.25, -0.2) is 4.90 Å². The Kier molecular flexibility index (Phi) is 2.05. The molecule has 0 bridgehead atoms. The minimum atomic E-state index is -0.422. The van der Waals surface area contributed by atoms with Gasteiger partial charge >= 0.3 is 0 Å². The number of ether oxygens (including phenoxy) is 1. The summed E-state index contributed by atoms with van der Waals surface area (Å²) in [4.78, 5) is 23.6. The highest BCUT2D eigenvalue weighted by Crippen LogP contribution is 2.16. The zero-order valence-electron chi connectivity index (χ0n) is 7.52. The third-order valence-corrected chi connectivity index (χ3v) is 1.79. The van der Waals surface area contributed by atoms with Gasteiger partial charge in [-0.2, -0.15) is 0 Å². The number of hydrogen-bond acceptors (Lipinski definition) is 5. The first-order chi connectivity index (χ1) is 6.68. The minimum absolute atomic E-state index is 0.0996. The fraction of sp³-hybridized carbons (Fsp3) is 0.375. The van der Waals surface area contributed by atoms with Crippen molar-refractivity contribution >= 4 is 17.6 Å². The molecule has 1 aliphatic heterocycles. The van der Waals surface area contributed by atoms with Gasteiger partial charge in [0, 0.05) is 6.07 Å². The van der Waals surface area contributed by atoms with E-state index in [9.17, 15) is 9.59 Å². The van der Waals surface area contributed by atoms with Gasteiger partial charge in [-0.15, -0.1) is 0 Å². The number of nitrogens with zero attached hydrogens (tertiary/aromatic N) is 2. The van der Waals surface area contributed by atoms with Crippen molar-refractivity contribution in [1.29, 1.82) is 0 Å². The lowest BCUT2D eigenvalue weighted by Crippen LogP contribution is -2.46. The number of morpholine rings is 1. The largest absolute Gasteiger partial charge is 0.362 e. The van der Waals surface area contributed by atoms with Crippen LogP contribution in [0.1, 0.15) is 5.76 Å². The van der Waals surface area contributed by atoms with Crippen molar-refractivity contribution in [3.63, 3.8) is 0 Å². The zero-order chi connectivity index (χ0) is 10.1. The molecule has 2 heterocycles. The van der Waals surface area contributed by atoms with E-state index in [1.807, 2.05) is 0 Å². The average molecular weight is 196 g/mol. The lowest BCUT2D eigenvalue weighted by molar-refractivity contribution is -0.138. The summed E-state index contributed by atoms with van der Waals surface area (Å²) in [5.41, 5.74) is 0. The van der Waals surface area contributed by atoms with Gasteiger partial charge in [0.1, 0.15) is 19.0 Å². The van der Waals surface area contributed by atoms with Gasteiger partial charge < -0.3 is 9.26 Å². The number of carbonyl (C=O) groups is 2. The second-order valence-electron chi connectivity index (χ2n) is 2.91. The highest BCUT2D eigenvalue weighted by Gasteiger charge is 2.30. The summed E-state index contributed by atoms with van der Waals surface area (Å²) in [6.45, 7) is 1.49. The molecule has 1 fully saturated rings. The number of anilines is 1. The standard InChI is InChI=1S/C8H8N2O4/c1-5-2-6(9-14-5)10-7(11)3-13-4-8(10)12/h2H,3-4H2,1H3. The zero-order valence-corrected chi connectivity index (χ0v) is 7.52. The van der Waals surface area contributed by atoms with Crippen LogP contribution in [0, 0.1) is 6.92 Å². The number of rotatable bonds is 1. The fourth-order valence-electron chi connectivity index (χ4n) is 1.21. The van der Waals surface area contributed by atoms with Crippen LogP contribution in [0.15, 0.2) is 10.6 Å². The topological polar surface area (TPSA) is 72.6 Å². The molecule has 1 aliphatic rings. The number of aryl methyl sites for hydroxylation is 1. The van der Waals surface area contributed by atoms with Crippen LogP contribution < -0.4 is 4.90 Å². The van der Waals surface area contributed by atoms with Gasteiger partial charge in [-0.3, -0.25) is 9.59 Å². The van der Waals surface area contributed by atoms with Gasteiger partial charge in [0.25, 0.3) is 11.8 Å². The van der Waals surface area contributed by atoms with E-state index in [1.165, 1.54) is 6.07 Å². The molecule has 1 aromatic rings. The first-order valence-corrected chi connectivity index (χ1v) is 4.05. The van der Waals surface area contributed by atoms with Gasteiger partial charge in [0.2, 0.25) is 0 Å². The maximum absolute atomic E-state index is 11.3. The molecule has 74 valence electrons. The van der Waals surface area contributed by atoms with Gasteiger partial charge in [-0.05, 0) is 6.92 Å². The maximum atomic E-state index is 11.3. The number of carbonyl (C=O) groups excluding carboxylic acids is 2. The van der Waals surface area contributed by atoms with Crippen molar-refractivity contribution in [3.05, 3.63) is 11.8 Å². The van der Waals surface area contributed by atoms with E-state index in [4.69, 9.17) is 9.26 Å². The second-order valence-corrected chi connectivity index (χ2v) is 2.91. The van der Waals surface area contributed by atoms with E-state index in [0.717, 1.165) is 4.90 Å². The molecule has 0 radical (unpaired) electrons. The molecule has 2 rings (SSSR count). The maximum Gasteiger partial charge on any atom is 0.261 e. The molecule has 0 aliphatic carbocycles. The predicted octanol–water partition coefficient (Wildman–Crippen LogP) is -0.127. The summed E-state index contributed by atoms with van der Waals surface area (Å²) in [6.07, 6.45) is 0. The van der Waals surface area contributed by atoms with Crippen LogP contribution in [-0.4, -0.2) is 30.2 Å². The summed E-state index contributed by atoms with van der Waals surface area (Å²) in [7, 11) is 0. The molecule has 0 atom stereocenters. The van der Waals surface area contributed by atoms with E-state index in [-0.39, 0.29) is 19.0 Å². The van der Waals surface area contributed by atoms with Gasteiger partial charge in [0.15, 0.2) is 5.82 Å². The normalized spacial score (nSPS) is 17.6. The van der Waals surface area contributed by atoms with E-state index < -0.39 is 11.8 Å². The molecule has 0 aromatic carbocycles. The van der Waals surface area contributed by atoms with Crippen molar-refractivity contribution in [1.82, 2.24) is 5.16 Å². The lowest BCUT2D eigenvalue weighted by atomic mass is 10.3. The summed E-state index contributed by atoms with van der Waals surface area (Å²) in [5.74, 6) is -0.0722. The quantitative estimate of drug-likeness (QED) is 0.585.